The van der Waals surface area contributed by atoms with E-state index in [1.54, 1.807) is 18.9 Å². The normalized spacial score (nSPS) is 10.6. The molecule has 21 heavy (non-hydrogen) atoms. The van der Waals surface area contributed by atoms with Crippen LogP contribution in [0, 0.1) is 0 Å². The molecule has 1 aromatic carbocycles. The molecular weight excluding hydrogens is 284 g/mol. The van der Waals surface area contributed by atoms with Crippen LogP contribution in [0.1, 0.15) is 25.3 Å². The topological polar surface area (TPSA) is 50.4 Å². The van der Waals surface area contributed by atoms with Crippen LogP contribution >= 0.6 is 11.8 Å². The summed E-state index contributed by atoms with van der Waals surface area (Å²) in [6, 6.07) is 8.34. The number of ether oxygens (including phenoxy) is 1. The van der Waals surface area contributed by atoms with Crippen LogP contribution < -0.4 is 10.6 Å². The van der Waals surface area contributed by atoms with E-state index in [0.717, 1.165) is 30.8 Å². The Morgan fingerprint density at radius 2 is 2.19 bits per heavy atom. The predicted molar refractivity (Wildman–Crippen MR) is 88.7 cm³/mol. The van der Waals surface area contributed by atoms with E-state index in [1.165, 1.54) is 5.56 Å². The lowest BCUT2D eigenvalue weighted by Crippen LogP contribution is -2.26. The second-order valence-electron chi connectivity index (χ2n) is 4.81. The van der Waals surface area contributed by atoms with Crippen molar-refractivity contribution < 1.29 is 9.53 Å². The van der Waals surface area contributed by atoms with Gasteiger partial charge in [0, 0.05) is 31.7 Å². The summed E-state index contributed by atoms with van der Waals surface area (Å²) in [5.74, 6) is 0.532. The van der Waals surface area contributed by atoms with Crippen LogP contribution in [0.4, 0.5) is 0 Å². The molecule has 1 aromatic rings. The van der Waals surface area contributed by atoms with E-state index in [2.05, 4.69) is 29.7 Å². The average molecular weight is 310 g/mol. The summed E-state index contributed by atoms with van der Waals surface area (Å²) in [7, 11) is 1.67. The van der Waals surface area contributed by atoms with Crippen LogP contribution in [-0.4, -0.2) is 38.5 Å². The fourth-order valence-electron chi connectivity index (χ4n) is 1.80. The molecular formula is C16H26N2O2S. The fraction of sp³-hybridized carbons (Fsp3) is 0.562. The van der Waals surface area contributed by atoms with Crippen molar-refractivity contribution in [2.24, 2.45) is 0 Å². The molecule has 5 heteroatoms. The van der Waals surface area contributed by atoms with Crippen LogP contribution in [-0.2, 0) is 16.1 Å². The van der Waals surface area contributed by atoms with Gasteiger partial charge in [0.25, 0.3) is 0 Å². The Morgan fingerprint density at radius 1 is 1.33 bits per heavy atom. The molecule has 0 aliphatic heterocycles. The monoisotopic (exact) mass is 310 g/mol. The number of amides is 1. The van der Waals surface area contributed by atoms with E-state index in [9.17, 15) is 4.79 Å². The zero-order chi connectivity index (χ0) is 15.3. The first kappa shape index (κ1) is 18.0. The molecule has 2 N–H and O–H groups in total. The van der Waals surface area contributed by atoms with Crippen LogP contribution in [0.5, 0.6) is 0 Å². The number of benzene rings is 1. The van der Waals surface area contributed by atoms with E-state index in [1.807, 2.05) is 12.1 Å². The molecule has 0 aromatic heterocycles. The lowest BCUT2D eigenvalue weighted by Gasteiger charge is -2.07. The molecule has 1 amide bonds. The number of nitrogens with one attached hydrogen (secondary N) is 2. The van der Waals surface area contributed by atoms with Crippen molar-refractivity contribution in [3.8, 4) is 0 Å². The molecule has 0 radical (unpaired) electrons. The van der Waals surface area contributed by atoms with Gasteiger partial charge >= 0.3 is 0 Å². The number of rotatable bonds is 11. The van der Waals surface area contributed by atoms with Gasteiger partial charge < -0.3 is 15.4 Å². The third-order valence-electron chi connectivity index (χ3n) is 2.87. The molecule has 0 saturated carbocycles. The highest BCUT2D eigenvalue weighted by atomic mass is 32.2. The van der Waals surface area contributed by atoms with E-state index in [-0.39, 0.29) is 5.91 Å². The minimum Gasteiger partial charge on any atom is -0.385 e. The second-order valence-corrected chi connectivity index (χ2v) is 5.86. The average Bonchev–Trinajstić information content (AvgIpc) is 2.50. The Kier molecular flexibility index (Phi) is 9.95. The molecule has 0 aliphatic carbocycles. The highest BCUT2D eigenvalue weighted by Gasteiger charge is 2.03. The zero-order valence-corrected chi connectivity index (χ0v) is 13.8. The Morgan fingerprint density at radius 3 is 2.95 bits per heavy atom. The summed E-state index contributed by atoms with van der Waals surface area (Å²) < 4.78 is 4.94. The van der Waals surface area contributed by atoms with Gasteiger partial charge in [0.05, 0.1) is 5.75 Å². The Bertz CT molecular complexity index is 413. The highest BCUT2D eigenvalue weighted by molar-refractivity contribution is 8.00. The van der Waals surface area contributed by atoms with Gasteiger partial charge in [0.1, 0.15) is 0 Å². The van der Waals surface area contributed by atoms with Crippen molar-refractivity contribution in [1.82, 2.24) is 10.6 Å². The molecule has 4 nitrogen and oxygen atoms in total. The van der Waals surface area contributed by atoms with Crippen molar-refractivity contribution in [1.29, 1.82) is 0 Å². The van der Waals surface area contributed by atoms with Crippen LogP contribution in [0.3, 0.4) is 0 Å². The Balaban J connectivity index is 2.27. The van der Waals surface area contributed by atoms with Crippen LogP contribution in [0.2, 0.25) is 0 Å². The summed E-state index contributed by atoms with van der Waals surface area (Å²) in [4.78, 5) is 12.8. The molecule has 0 bridgehead atoms. The number of hydrogen-bond donors (Lipinski definition) is 2. The highest BCUT2D eigenvalue weighted by Crippen LogP contribution is 2.18. The van der Waals surface area contributed by atoms with Crippen molar-refractivity contribution in [2.45, 2.75) is 31.2 Å². The van der Waals surface area contributed by atoms with Crippen LogP contribution in [0.25, 0.3) is 0 Å². The third-order valence-corrected chi connectivity index (χ3v) is 3.87. The molecule has 0 fully saturated rings. The van der Waals surface area contributed by atoms with E-state index in [4.69, 9.17) is 4.74 Å². The maximum absolute atomic E-state index is 11.7. The Labute approximate surface area is 132 Å². The van der Waals surface area contributed by atoms with Gasteiger partial charge in [-0.3, -0.25) is 4.79 Å². The number of methoxy groups -OCH3 is 1. The summed E-state index contributed by atoms with van der Waals surface area (Å²) in [6.45, 7) is 5.42. The molecule has 0 saturated heterocycles. The smallest absolute Gasteiger partial charge is 0.230 e. The molecule has 0 atom stereocenters. The first-order chi connectivity index (χ1) is 10.3. The number of thioether (sulfide) groups is 1. The van der Waals surface area contributed by atoms with Gasteiger partial charge in [-0.25, -0.2) is 0 Å². The van der Waals surface area contributed by atoms with Gasteiger partial charge in [0.2, 0.25) is 5.91 Å². The number of hydrogen-bond acceptors (Lipinski definition) is 4. The molecule has 0 aliphatic rings. The maximum atomic E-state index is 11.7. The standard InChI is InChI=1S/C16H26N2O2S/c1-3-8-17-12-14-6-4-7-15(11-14)21-13-16(19)18-9-5-10-20-2/h4,6-7,11,17H,3,5,8-10,12-13H2,1-2H3,(H,18,19). The van der Waals surface area contributed by atoms with Crippen molar-refractivity contribution in [3.63, 3.8) is 0 Å². The second kappa shape index (κ2) is 11.6. The lowest BCUT2D eigenvalue weighted by molar-refractivity contribution is -0.118. The minimum atomic E-state index is 0.0746. The van der Waals surface area contributed by atoms with Gasteiger partial charge in [0.15, 0.2) is 0 Å². The number of carbonyl (C=O) groups excluding carboxylic acids is 1. The lowest BCUT2D eigenvalue weighted by atomic mass is 10.2. The molecule has 0 unspecified atom stereocenters. The van der Waals surface area contributed by atoms with Crippen molar-refractivity contribution in [2.75, 3.05) is 32.6 Å². The summed E-state index contributed by atoms with van der Waals surface area (Å²) >= 11 is 1.57. The fourth-order valence-corrected chi connectivity index (χ4v) is 2.61. The SMILES string of the molecule is CCCNCc1cccc(SCC(=O)NCCCOC)c1. The predicted octanol–water partition coefficient (Wildman–Crippen LogP) is 2.43. The third kappa shape index (κ3) is 8.75. The Hall–Kier alpha value is -1.04. The molecule has 0 spiro atoms. The maximum Gasteiger partial charge on any atom is 0.230 e. The zero-order valence-electron chi connectivity index (χ0n) is 13.0. The minimum absolute atomic E-state index is 0.0746. The quantitative estimate of drug-likeness (QED) is 0.487. The molecule has 1 rings (SSSR count). The van der Waals surface area contributed by atoms with E-state index in [0.29, 0.717) is 18.9 Å². The van der Waals surface area contributed by atoms with E-state index < -0.39 is 0 Å². The van der Waals surface area contributed by atoms with Gasteiger partial charge in [-0.2, -0.15) is 0 Å². The first-order valence-corrected chi connectivity index (χ1v) is 8.43. The summed E-state index contributed by atoms with van der Waals surface area (Å²) in [5.41, 5.74) is 1.26. The largest absolute Gasteiger partial charge is 0.385 e. The van der Waals surface area contributed by atoms with Gasteiger partial charge in [-0.1, -0.05) is 19.1 Å². The van der Waals surface area contributed by atoms with E-state index >= 15 is 0 Å². The first-order valence-electron chi connectivity index (χ1n) is 7.44. The number of carbonyl (C=O) groups is 1. The van der Waals surface area contributed by atoms with Crippen molar-refractivity contribution in [3.05, 3.63) is 29.8 Å². The van der Waals surface area contributed by atoms with Crippen LogP contribution in [0.15, 0.2) is 29.2 Å². The summed E-state index contributed by atoms with van der Waals surface area (Å²) in [5, 5.41) is 6.28. The van der Waals surface area contributed by atoms with Gasteiger partial charge in [-0.05, 0) is 37.1 Å². The molecule has 118 valence electrons. The van der Waals surface area contributed by atoms with Gasteiger partial charge in [-0.15, -0.1) is 11.8 Å². The molecule has 0 heterocycles. The summed E-state index contributed by atoms with van der Waals surface area (Å²) in [6.07, 6.45) is 1.99. The van der Waals surface area contributed by atoms with Crippen molar-refractivity contribution >= 4 is 17.7 Å².